The highest BCUT2D eigenvalue weighted by Crippen LogP contribution is 2.31. The van der Waals surface area contributed by atoms with Gasteiger partial charge < -0.3 is 9.26 Å². The number of hydrogen-bond acceptors (Lipinski definition) is 5. The molecule has 2 aromatic rings. The molecule has 0 unspecified atom stereocenters. The van der Waals surface area contributed by atoms with Crippen LogP contribution in [0.5, 0.6) is 5.75 Å². The summed E-state index contributed by atoms with van der Waals surface area (Å²) in [5.74, 6) is 0.208. The van der Waals surface area contributed by atoms with Gasteiger partial charge in [0.15, 0.2) is 17.4 Å². The first-order valence-corrected chi connectivity index (χ1v) is 8.75. The molecule has 0 atom stereocenters. The third-order valence-electron chi connectivity index (χ3n) is 3.99. The standard InChI is InChI=1S/C15H17FN2O4S/c1-9-13(8-7-12(21-2)14(9)16)23(19,20)18-15-10-5-3-4-6-11(10)22-17-15/h7-8H,3-6H2,1-2H3,(H,17,18). The number of nitrogens with one attached hydrogen (secondary N) is 1. The number of fused-ring (bicyclic) bond motifs is 1. The second-order valence-electron chi connectivity index (χ2n) is 5.45. The van der Waals surface area contributed by atoms with E-state index in [1.54, 1.807) is 0 Å². The molecule has 0 saturated heterocycles. The van der Waals surface area contributed by atoms with E-state index < -0.39 is 15.8 Å². The molecule has 1 aromatic carbocycles. The number of aryl methyl sites for hydroxylation is 1. The lowest BCUT2D eigenvalue weighted by Crippen LogP contribution is -2.17. The summed E-state index contributed by atoms with van der Waals surface area (Å²) >= 11 is 0. The minimum Gasteiger partial charge on any atom is -0.494 e. The molecule has 0 radical (unpaired) electrons. The van der Waals surface area contributed by atoms with Gasteiger partial charge in [0.1, 0.15) is 5.76 Å². The van der Waals surface area contributed by atoms with Crippen LogP contribution in [0.4, 0.5) is 10.2 Å². The number of sulfonamides is 1. The number of nitrogens with zero attached hydrogens (tertiary/aromatic N) is 1. The number of benzene rings is 1. The minimum atomic E-state index is -3.96. The van der Waals surface area contributed by atoms with Gasteiger partial charge >= 0.3 is 0 Å². The van der Waals surface area contributed by atoms with Crippen molar-refractivity contribution >= 4 is 15.8 Å². The highest BCUT2D eigenvalue weighted by Gasteiger charge is 2.26. The molecule has 0 bridgehead atoms. The Hall–Kier alpha value is -2.09. The fourth-order valence-corrected chi connectivity index (χ4v) is 4.00. The number of rotatable bonds is 4. The van der Waals surface area contributed by atoms with E-state index in [1.807, 2.05) is 0 Å². The van der Waals surface area contributed by atoms with Crippen LogP contribution in [0.25, 0.3) is 0 Å². The molecule has 1 heterocycles. The zero-order chi connectivity index (χ0) is 16.6. The van der Waals surface area contributed by atoms with Crippen LogP contribution in [0.15, 0.2) is 21.6 Å². The van der Waals surface area contributed by atoms with E-state index in [0.29, 0.717) is 12.2 Å². The maximum atomic E-state index is 14.1. The molecule has 3 rings (SSSR count). The van der Waals surface area contributed by atoms with Crippen molar-refractivity contribution in [2.24, 2.45) is 0 Å². The van der Waals surface area contributed by atoms with E-state index in [4.69, 9.17) is 9.26 Å². The Morgan fingerprint density at radius 1 is 1.30 bits per heavy atom. The summed E-state index contributed by atoms with van der Waals surface area (Å²) in [6.45, 7) is 1.39. The van der Waals surface area contributed by atoms with Gasteiger partial charge in [0, 0.05) is 17.5 Å². The molecule has 1 aliphatic rings. The monoisotopic (exact) mass is 340 g/mol. The number of halogens is 1. The largest absolute Gasteiger partial charge is 0.494 e. The summed E-state index contributed by atoms with van der Waals surface area (Å²) < 4.78 is 51.7. The van der Waals surface area contributed by atoms with Gasteiger partial charge in [0.2, 0.25) is 0 Å². The maximum Gasteiger partial charge on any atom is 0.263 e. The quantitative estimate of drug-likeness (QED) is 0.925. The summed E-state index contributed by atoms with van der Waals surface area (Å²) in [5, 5.41) is 3.81. The smallest absolute Gasteiger partial charge is 0.263 e. The fraction of sp³-hybridized carbons (Fsp3) is 0.400. The third-order valence-corrected chi connectivity index (χ3v) is 5.48. The molecule has 23 heavy (non-hydrogen) atoms. The van der Waals surface area contributed by atoms with Crippen molar-refractivity contribution in [1.29, 1.82) is 0 Å². The van der Waals surface area contributed by atoms with Crippen molar-refractivity contribution in [3.63, 3.8) is 0 Å². The topological polar surface area (TPSA) is 81.4 Å². The lowest BCUT2D eigenvalue weighted by atomic mass is 9.98. The predicted octanol–water partition coefficient (Wildman–Crippen LogP) is 2.81. The van der Waals surface area contributed by atoms with E-state index in [-0.39, 0.29) is 22.0 Å². The van der Waals surface area contributed by atoms with E-state index in [0.717, 1.165) is 24.8 Å². The van der Waals surface area contributed by atoms with Gasteiger partial charge in [-0.25, -0.2) is 12.8 Å². The molecule has 8 heteroatoms. The molecular formula is C15H17FN2O4S. The van der Waals surface area contributed by atoms with Gasteiger partial charge in [0.05, 0.1) is 12.0 Å². The van der Waals surface area contributed by atoms with Crippen molar-refractivity contribution in [2.75, 3.05) is 11.8 Å². The van der Waals surface area contributed by atoms with Crippen molar-refractivity contribution in [3.8, 4) is 5.75 Å². The molecule has 0 spiro atoms. The fourth-order valence-electron chi connectivity index (χ4n) is 2.74. The molecule has 0 aliphatic heterocycles. The van der Waals surface area contributed by atoms with E-state index in [9.17, 15) is 12.8 Å². The Morgan fingerprint density at radius 3 is 2.78 bits per heavy atom. The average Bonchev–Trinajstić information content (AvgIpc) is 2.92. The number of hydrogen-bond donors (Lipinski definition) is 1. The Labute approximate surface area is 133 Å². The van der Waals surface area contributed by atoms with Crippen molar-refractivity contribution in [2.45, 2.75) is 37.5 Å². The van der Waals surface area contributed by atoms with Gasteiger partial charge in [-0.3, -0.25) is 4.72 Å². The zero-order valence-corrected chi connectivity index (χ0v) is 13.7. The van der Waals surface area contributed by atoms with Crippen LogP contribution in [0.1, 0.15) is 29.7 Å². The first-order valence-electron chi connectivity index (χ1n) is 7.27. The van der Waals surface area contributed by atoms with Crippen LogP contribution < -0.4 is 9.46 Å². The highest BCUT2D eigenvalue weighted by molar-refractivity contribution is 7.92. The molecule has 6 nitrogen and oxygen atoms in total. The molecule has 0 saturated carbocycles. The second-order valence-corrected chi connectivity index (χ2v) is 7.10. The predicted molar refractivity (Wildman–Crippen MR) is 81.6 cm³/mol. The van der Waals surface area contributed by atoms with E-state index >= 15 is 0 Å². The molecule has 1 N–H and O–H groups in total. The minimum absolute atomic E-state index is 0.000246. The van der Waals surface area contributed by atoms with Gasteiger partial charge in [-0.05, 0) is 38.3 Å². The highest BCUT2D eigenvalue weighted by atomic mass is 32.2. The van der Waals surface area contributed by atoms with Gasteiger partial charge in [-0.1, -0.05) is 5.16 Å². The molecular weight excluding hydrogens is 323 g/mol. The van der Waals surface area contributed by atoms with E-state index in [1.165, 1.54) is 26.2 Å². The molecule has 0 amide bonds. The number of ether oxygens (including phenoxy) is 1. The summed E-state index contributed by atoms with van der Waals surface area (Å²) in [6, 6.07) is 2.60. The maximum absolute atomic E-state index is 14.1. The molecule has 124 valence electrons. The van der Waals surface area contributed by atoms with Crippen LogP contribution in [0.2, 0.25) is 0 Å². The van der Waals surface area contributed by atoms with Crippen molar-refractivity contribution < 1.29 is 22.1 Å². The van der Waals surface area contributed by atoms with Gasteiger partial charge in [-0.2, -0.15) is 0 Å². The number of methoxy groups -OCH3 is 1. The first kappa shape index (κ1) is 15.8. The van der Waals surface area contributed by atoms with Gasteiger partial charge in [0.25, 0.3) is 10.0 Å². The van der Waals surface area contributed by atoms with E-state index in [2.05, 4.69) is 9.88 Å². The normalized spacial score (nSPS) is 14.4. The van der Waals surface area contributed by atoms with Crippen LogP contribution in [-0.4, -0.2) is 20.7 Å². The van der Waals surface area contributed by atoms with Crippen molar-refractivity contribution in [1.82, 2.24) is 5.16 Å². The summed E-state index contributed by atoms with van der Waals surface area (Å²) in [7, 11) is -2.64. The Kier molecular flexibility index (Phi) is 4.01. The van der Waals surface area contributed by atoms with Crippen molar-refractivity contribution in [3.05, 3.63) is 34.8 Å². The van der Waals surface area contributed by atoms with Crippen LogP contribution in [0, 0.1) is 12.7 Å². The van der Waals surface area contributed by atoms with Gasteiger partial charge in [-0.15, -0.1) is 0 Å². The SMILES string of the molecule is COc1ccc(S(=O)(=O)Nc2noc3c2CCCC3)c(C)c1F. The molecule has 1 aromatic heterocycles. The first-order chi connectivity index (χ1) is 10.9. The number of anilines is 1. The Morgan fingerprint density at radius 2 is 2.04 bits per heavy atom. The number of aromatic nitrogens is 1. The lowest BCUT2D eigenvalue weighted by molar-refractivity contribution is 0.374. The summed E-state index contributed by atoms with van der Waals surface area (Å²) in [6.07, 6.45) is 3.42. The van der Waals surface area contributed by atoms with Crippen LogP contribution in [0.3, 0.4) is 0 Å². The summed E-state index contributed by atoms with van der Waals surface area (Å²) in [4.78, 5) is -0.150. The Balaban J connectivity index is 1.97. The lowest BCUT2D eigenvalue weighted by Gasteiger charge is -2.13. The van der Waals surface area contributed by atoms with Crippen LogP contribution in [-0.2, 0) is 22.9 Å². The second kappa shape index (κ2) is 5.84. The summed E-state index contributed by atoms with van der Waals surface area (Å²) in [5.41, 5.74) is 0.778. The van der Waals surface area contributed by atoms with Crippen LogP contribution >= 0.6 is 0 Å². The molecule has 0 fully saturated rings. The zero-order valence-electron chi connectivity index (χ0n) is 12.8. The molecule has 1 aliphatic carbocycles. The average molecular weight is 340 g/mol. The third kappa shape index (κ3) is 2.78. The Bertz CT molecular complexity index is 845.